The predicted molar refractivity (Wildman–Crippen MR) is 123 cm³/mol. The second-order valence-electron chi connectivity index (χ2n) is 8.25. The first kappa shape index (κ1) is 20.2. The van der Waals surface area contributed by atoms with E-state index in [1.807, 2.05) is 30.5 Å². The summed E-state index contributed by atoms with van der Waals surface area (Å²) in [6, 6.07) is 14.5. The minimum atomic E-state index is -0.852. The quantitative estimate of drug-likeness (QED) is 0.641. The maximum atomic E-state index is 11.1. The molecule has 32 heavy (non-hydrogen) atoms. The molecule has 0 saturated carbocycles. The monoisotopic (exact) mass is 430 g/mol. The maximum absolute atomic E-state index is 11.1. The van der Waals surface area contributed by atoms with Gasteiger partial charge < -0.3 is 20.2 Å². The van der Waals surface area contributed by atoms with E-state index in [4.69, 9.17) is 10.1 Å². The van der Waals surface area contributed by atoms with Crippen LogP contribution in [0.15, 0.2) is 54.9 Å². The Hall–Kier alpha value is -3.68. The van der Waals surface area contributed by atoms with Crippen molar-refractivity contribution in [3.05, 3.63) is 60.4 Å². The van der Waals surface area contributed by atoms with E-state index in [-0.39, 0.29) is 6.04 Å². The van der Waals surface area contributed by atoms with Crippen LogP contribution in [-0.4, -0.2) is 56.7 Å². The molecule has 1 amide bonds. The summed E-state index contributed by atoms with van der Waals surface area (Å²) < 4.78 is 0. The lowest BCUT2D eigenvalue weighted by Crippen LogP contribution is -2.41. The lowest BCUT2D eigenvalue weighted by atomic mass is 10.0. The number of rotatable bonds is 4. The van der Waals surface area contributed by atoms with Crippen molar-refractivity contribution in [3.63, 3.8) is 0 Å². The summed E-state index contributed by atoms with van der Waals surface area (Å²) >= 11 is 0. The van der Waals surface area contributed by atoms with E-state index in [2.05, 4.69) is 38.4 Å². The predicted octanol–water partition coefficient (Wildman–Crippen LogP) is 4.18. The zero-order chi connectivity index (χ0) is 21.9. The third-order valence-corrected chi connectivity index (χ3v) is 6.17. The van der Waals surface area contributed by atoms with Gasteiger partial charge >= 0.3 is 6.09 Å². The highest BCUT2D eigenvalue weighted by molar-refractivity contribution is 5.72. The topological polar surface area (TPSA) is 94.5 Å². The molecule has 2 N–H and O–H groups in total. The fraction of sp³-hybridized carbons (Fsp3) is 0.333. The number of aryl methyl sites for hydroxylation is 1. The van der Waals surface area contributed by atoms with Crippen molar-refractivity contribution in [2.45, 2.75) is 31.7 Å². The van der Waals surface area contributed by atoms with Gasteiger partial charge in [-0.1, -0.05) is 30.3 Å². The van der Waals surface area contributed by atoms with E-state index in [1.165, 1.54) is 10.5 Å². The molecule has 1 saturated heterocycles. The van der Waals surface area contributed by atoms with Crippen molar-refractivity contribution < 1.29 is 9.90 Å². The zero-order valence-corrected chi connectivity index (χ0v) is 17.8. The third kappa shape index (κ3) is 4.21. The summed E-state index contributed by atoms with van der Waals surface area (Å²) in [6.45, 7) is 1.95. The number of hydrogen-bond donors (Lipinski definition) is 2. The second kappa shape index (κ2) is 8.82. The molecule has 2 aromatic heterocycles. The van der Waals surface area contributed by atoms with Crippen LogP contribution in [0.5, 0.6) is 0 Å². The SMILES string of the molecule is O=C(O)N1CCC(Nc2nccc(N3CCCc4cnc(-c5ccccc5)cc43)n2)CC1. The highest BCUT2D eigenvalue weighted by Gasteiger charge is 2.24. The summed E-state index contributed by atoms with van der Waals surface area (Å²) in [7, 11) is 0. The Kier molecular flexibility index (Phi) is 5.58. The van der Waals surface area contributed by atoms with Crippen molar-refractivity contribution in [2.24, 2.45) is 0 Å². The molecule has 0 atom stereocenters. The number of fused-ring (bicyclic) bond motifs is 1. The van der Waals surface area contributed by atoms with Crippen LogP contribution in [0.4, 0.5) is 22.2 Å². The molecule has 8 nitrogen and oxygen atoms in total. The fourth-order valence-electron chi connectivity index (χ4n) is 4.44. The van der Waals surface area contributed by atoms with Gasteiger partial charge in [-0.15, -0.1) is 0 Å². The largest absolute Gasteiger partial charge is 0.465 e. The highest BCUT2D eigenvalue weighted by Crippen LogP contribution is 2.35. The Labute approximate surface area is 187 Å². The van der Waals surface area contributed by atoms with Crippen LogP contribution in [0.1, 0.15) is 24.8 Å². The van der Waals surface area contributed by atoms with Gasteiger partial charge in [0.25, 0.3) is 0 Å². The molecule has 0 unspecified atom stereocenters. The number of amides is 1. The molecule has 0 bridgehead atoms. The highest BCUT2D eigenvalue weighted by atomic mass is 16.4. The van der Waals surface area contributed by atoms with Gasteiger partial charge in [0.05, 0.1) is 5.69 Å². The first-order chi connectivity index (χ1) is 15.7. The summed E-state index contributed by atoms with van der Waals surface area (Å²) in [6.07, 6.45) is 6.46. The smallest absolute Gasteiger partial charge is 0.407 e. The molecule has 0 aliphatic carbocycles. The fourth-order valence-corrected chi connectivity index (χ4v) is 4.44. The minimum Gasteiger partial charge on any atom is -0.465 e. The first-order valence-electron chi connectivity index (χ1n) is 11.1. The number of aromatic nitrogens is 3. The van der Waals surface area contributed by atoms with E-state index in [0.29, 0.717) is 19.0 Å². The summed E-state index contributed by atoms with van der Waals surface area (Å²) in [5.74, 6) is 1.44. The van der Waals surface area contributed by atoms with E-state index < -0.39 is 6.09 Å². The molecule has 4 heterocycles. The molecular formula is C24H26N6O2. The van der Waals surface area contributed by atoms with Crippen LogP contribution in [0.2, 0.25) is 0 Å². The Balaban J connectivity index is 1.37. The van der Waals surface area contributed by atoms with Crippen LogP contribution >= 0.6 is 0 Å². The van der Waals surface area contributed by atoms with Crippen LogP contribution in [0, 0.1) is 0 Å². The molecule has 1 aromatic carbocycles. The second-order valence-corrected chi connectivity index (χ2v) is 8.25. The van der Waals surface area contributed by atoms with E-state index >= 15 is 0 Å². The summed E-state index contributed by atoms with van der Waals surface area (Å²) in [5.41, 5.74) is 4.42. The number of nitrogens with zero attached hydrogens (tertiary/aromatic N) is 5. The lowest BCUT2D eigenvalue weighted by molar-refractivity contribution is 0.133. The van der Waals surface area contributed by atoms with Crippen LogP contribution in [-0.2, 0) is 6.42 Å². The standard InChI is InChI=1S/C24H26N6O2/c31-24(32)29-13-9-19(10-14-29)27-23-25-11-8-22(28-23)30-12-4-7-18-16-26-20(15-21(18)30)17-5-2-1-3-6-17/h1-3,5-6,8,11,15-16,19H,4,7,9-10,12-14H2,(H,31,32)(H,25,27,28). The minimum absolute atomic E-state index is 0.170. The summed E-state index contributed by atoms with van der Waals surface area (Å²) in [4.78, 5) is 28.7. The average Bonchev–Trinajstić information content (AvgIpc) is 2.84. The Morgan fingerprint density at radius 3 is 2.66 bits per heavy atom. The van der Waals surface area contributed by atoms with Crippen molar-refractivity contribution >= 4 is 23.5 Å². The summed E-state index contributed by atoms with van der Waals surface area (Å²) in [5, 5.41) is 12.5. The van der Waals surface area contributed by atoms with Crippen molar-refractivity contribution in [2.75, 3.05) is 29.9 Å². The van der Waals surface area contributed by atoms with E-state index in [0.717, 1.165) is 55.0 Å². The zero-order valence-electron chi connectivity index (χ0n) is 17.8. The van der Waals surface area contributed by atoms with E-state index in [9.17, 15) is 4.79 Å². The van der Waals surface area contributed by atoms with E-state index in [1.54, 1.807) is 6.20 Å². The van der Waals surface area contributed by atoms with Gasteiger partial charge in [-0.25, -0.2) is 9.78 Å². The molecule has 2 aliphatic heterocycles. The Morgan fingerprint density at radius 1 is 1.06 bits per heavy atom. The Morgan fingerprint density at radius 2 is 1.88 bits per heavy atom. The molecule has 8 heteroatoms. The van der Waals surface area contributed by atoms with Crippen LogP contribution < -0.4 is 10.2 Å². The molecule has 5 rings (SSSR count). The number of hydrogen-bond acceptors (Lipinski definition) is 6. The number of likely N-dealkylation sites (tertiary alicyclic amines) is 1. The molecule has 0 radical (unpaired) electrons. The van der Waals surface area contributed by atoms with Crippen molar-refractivity contribution in [3.8, 4) is 11.3 Å². The van der Waals surface area contributed by atoms with Crippen molar-refractivity contribution in [1.82, 2.24) is 19.9 Å². The normalized spacial score (nSPS) is 16.5. The molecule has 2 aliphatic rings. The van der Waals surface area contributed by atoms with Gasteiger partial charge in [-0.2, -0.15) is 4.98 Å². The van der Waals surface area contributed by atoms with Gasteiger partial charge in [0, 0.05) is 49.3 Å². The number of anilines is 3. The molecule has 3 aromatic rings. The molecule has 164 valence electrons. The van der Waals surface area contributed by atoms with Gasteiger partial charge in [-0.05, 0) is 43.4 Å². The lowest BCUT2D eigenvalue weighted by Gasteiger charge is -2.32. The Bertz CT molecular complexity index is 1100. The molecular weight excluding hydrogens is 404 g/mol. The molecule has 1 fully saturated rings. The van der Waals surface area contributed by atoms with Gasteiger partial charge in [0.2, 0.25) is 5.95 Å². The molecule has 0 spiro atoms. The van der Waals surface area contributed by atoms with Crippen molar-refractivity contribution in [1.29, 1.82) is 0 Å². The van der Waals surface area contributed by atoms with Crippen LogP contribution in [0.25, 0.3) is 11.3 Å². The third-order valence-electron chi connectivity index (χ3n) is 6.17. The number of piperidine rings is 1. The average molecular weight is 431 g/mol. The number of benzene rings is 1. The number of carboxylic acid groups (broad SMARTS) is 1. The number of nitrogens with one attached hydrogen (secondary N) is 1. The van der Waals surface area contributed by atoms with Gasteiger partial charge in [-0.3, -0.25) is 4.98 Å². The number of carbonyl (C=O) groups is 1. The van der Waals surface area contributed by atoms with Gasteiger partial charge in [0.1, 0.15) is 5.82 Å². The van der Waals surface area contributed by atoms with Gasteiger partial charge in [0.15, 0.2) is 0 Å². The number of pyridine rings is 1. The maximum Gasteiger partial charge on any atom is 0.407 e. The van der Waals surface area contributed by atoms with Crippen LogP contribution in [0.3, 0.4) is 0 Å². The first-order valence-corrected chi connectivity index (χ1v) is 11.1.